The highest BCUT2D eigenvalue weighted by atomic mass is 35.5. The molecule has 1 aromatic carbocycles. The minimum atomic E-state index is -1.14. The number of hydrogen-bond donors (Lipinski definition) is 3. The van der Waals surface area contributed by atoms with Crippen LogP contribution in [0.2, 0.25) is 5.02 Å². The predicted molar refractivity (Wildman–Crippen MR) is 122 cm³/mol. The lowest BCUT2D eigenvalue weighted by Crippen LogP contribution is -2.41. The van der Waals surface area contributed by atoms with Gasteiger partial charge < -0.3 is 20.3 Å². The number of rotatable bonds is 10. The summed E-state index contributed by atoms with van der Waals surface area (Å²) in [6, 6.07) is 3.05. The third-order valence-corrected chi connectivity index (χ3v) is 5.58. The first-order valence-electron chi connectivity index (χ1n) is 10.7. The summed E-state index contributed by atoms with van der Waals surface area (Å²) in [6.07, 6.45) is 1.21. The summed E-state index contributed by atoms with van der Waals surface area (Å²) in [5.41, 5.74) is 0.208. The Kier molecular flexibility index (Phi) is 9.21. The van der Waals surface area contributed by atoms with E-state index >= 15 is 0 Å². The van der Waals surface area contributed by atoms with Crippen molar-refractivity contribution in [3.63, 3.8) is 0 Å². The molecule has 0 radical (unpaired) electrons. The second-order valence-corrected chi connectivity index (χ2v) is 8.02. The summed E-state index contributed by atoms with van der Waals surface area (Å²) < 4.78 is 46.8. The van der Waals surface area contributed by atoms with E-state index in [1.165, 1.54) is 13.2 Å². The number of methoxy groups -OCH3 is 1. The van der Waals surface area contributed by atoms with Crippen LogP contribution in [0.25, 0.3) is 0 Å². The van der Waals surface area contributed by atoms with Gasteiger partial charge in [-0.25, -0.2) is 22.9 Å². The van der Waals surface area contributed by atoms with E-state index in [9.17, 15) is 28.2 Å². The molecular formula is C23H24ClF3N4O4. The first-order valence-corrected chi connectivity index (χ1v) is 11.0. The number of amidine groups is 1. The van der Waals surface area contributed by atoms with Crippen LogP contribution in [0, 0.1) is 17.5 Å². The molecule has 188 valence electrons. The van der Waals surface area contributed by atoms with Gasteiger partial charge in [-0.3, -0.25) is 9.89 Å². The Balaban J connectivity index is 2.18. The maximum atomic E-state index is 14.6. The predicted octanol–water partition coefficient (Wildman–Crippen LogP) is 2.35. The molecule has 3 rings (SSSR count). The Bertz CT molecular complexity index is 1150. The fourth-order valence-corrected chi connectivity index (χ4v) is 3.93. The van der Waals surface area contributed by atoms with Crippen molar-refractivity contribution in [2.24, 2.45) is 4.99 Å². The van der Waals surface area contributed by atoms with Crippen molar-refractivity contribution in [1.82, 2.24) is 15.2 Å². The number of ether oxygens (including phenoxy) is 1. The van der Waals surface area contributed by atoms with Crippen LogP contribution in [0.3, 0.4) is 0 Å². The Morgan fingerprint density at radius 1 is 1.17 bits per heavy atom. The van der Waals surface area contributed by atoms with Crippen molar-refractivity contribution >= 4 is 23.4 Å². The van der Waals surface area contributed by atoms with Gasteiger partial charge in [-0.1, -0.05) is 17.7 Å². The van der Waals surface area contributed by atoms with E-state index in [2.05, 4.69) is 15.3 Å². The molecule has 12 heteroatoms. The van der Waals surface area contributed by atoms with Gasteiger partial charge in [0.25, 0.3) is 0 Å². The number of aliphatic imine (C=N–C) groups is 1. The molecule has 8 nitrogen and oxygen atoms in total. The molecule has 0 aliphatic carbocycles. The largest absolute Gasteiger partial charge is 0.466 e. The van der Waals surface area contributed by atoms with Gasteiger partial charge in [-0.2, -0.15) is 0 Å². The highest BCUT2D eigenvalue weighted by molar-refractivity contribution is 6.31. The quantitative estimate of drug-likeness (QED) is 0.419. The van der Waals surface area contributed by atoms with Crippen molar-refractivity contribution in [2.45, 2.75) is 12.5 Å². The zero-order chi connectivity index (χ0) is 25.5. The number of esters is 1. The van der Waals surface area contributed by atoms with Crippen LogP contribution in [-0.2, 0) is 9.53 Å². The number of hydrogen-bond acceptors (Lipinski definition) is 8. The number of pyridine rings is 1. The molecule has 0 saturated heterocycles. The molecule has 0 saturated carbocycles. The van der Waals surface area contributed by atoms with Crippen molar-refractivity contribution < 1.29 is 32.9 Å². The number of benzene rings is 1. The van der Waals surface area contributed by atoms with Gasteiger partial charge in [0.15, 0.2) is 11.7 Å². The monoisotopic (exact) mass is 512 g/mol. The average molecular weight is 513 g/mol. The van der Waals surface area contributed by atoms with Crippen LogP contribution in [0.15, 0.2) is 46.7 Å². The molecule has 0 fully saturated rings. The number of aliphatic hydroxyl groups is 2. The first-order chi connectivity index (χ1) is 16.8. The second-order valence-electron chi connectivity index (χ2n) is 7.62. The van der Waals surface area contributed by atoms with Gasteiger partial charge in [0.2, 0.25) is 0 Å². The number of aromatic nitrogens is 1. The summed E-state index contributed by atoms with van der Waals surface area (Å²) in [5, 5.41) is 21.6. The number of nitrogens with zero attached hydrogens (tertiary/aromatic N) is 3. The maximum absolute atomic E-state index is 14.6. The summed E-state index contributed by atoms with van der Waals surface area (Å²) >= 11 is 6.28. The van der Waals surface area contributed by atoms with Crippen LogP contribution in [0.5, 0.6) is 0 Å². The fourth-order valence-electron chi connectivity index (χ4n) is 3.66. The van der Waals surface area contributed by atoms with Gasteiger partial charge in [0, 0.05) is 48.6 Å². The number of aliphatic hydroxyl groups excluding tert-OH is 2. The number of carbonyl (C=O) groups excluding carboxylic acids is 1. The molecule has 35 heavy (non-hydrogen) atoms. The lowest BCUT2D eigenvalue weighted by molar-refractivity contribution is -0.136. The molecule has 0 bridgehead atoms. The first kappa shape index (κ1) is 26.6. The van der Waals surface area contributed by atoms with Crippen molar-refractivity contribution in [1.29, 1.82) is 0 Å². The number of nitrogens with one attached hydrogen (secondary N) is 1. The smallest absolute Gasteiger partial charge is 0.338 e. The molecular weight excluding hydrogens is 489 g/mol. The maximum Gasteiger partial charge on any atom is 0.338 e. The minimum absolute atomic E-state index is 0.0271. The molecule has 3 N–H and O–H groups in total. The standard InChI is InChI=1S/C23H24ClF3N4O4/c1-35-23(34)19-18(12-31(6-8-33)5-2-7-32)29-22(21-17(27)10-14(26)11-28-21)30-20(19)15-4-3-13(25)9-16(15)24/h3-4,9-11,20,32-33H,2,5-8,12H2,1H3,(H,29,30). The molecule has 2 heterocycles. The van der Waals surface area contributed by atoms with E-state index in [0.717, 1.165) is 18.3 Å². The number of carbonyl (C=O) groups is 1. The Hall–Kier alpha value is -2.99. The summed E-state index contributed by atoms with van der Waals surface area (Å²) in [5.74, 6) is -3.36. The van der Waals surface area contributed by atoms with E-state index in [-0.39, 0.29) is 59.7 Å². The molecule has 1 atom stereocenters. The number of halogens is 4. The average Bonchev–Trinajstić information content (AvgIpc) is 2.82. The van der Waals surface area contributed by atoms with Gasteiger partial charge >= 0.3 is 5.97 Å². The molecule has 1 aliphatic heterocycles. The second kappa shape index (κ2) is 12.1. The SMILES string of the molecule is COC(=O)C1=C(CN(CCO)CCCO)NC(c2ncc(F)cc2F)=NC1c1ccc(F)cc1Cl. The Morgan fingerprint density at radius 2 is 1.94 bits per heavy atom. The molecule has 2 aromatic rings. The van der Waals surface area contributed by atoms with Crippen LogP contribution in [0.4, 0.5) is 13.2 Å². The zero-order valence-electron chi connectivity index (χ0n) is 18.8. The topological polar surface area (TPSA) is 107 Å². The lowest BCUT2D eigenvalue weighted by atomic mass is 9.94. The van der Waals surface area contributed by atoms with Crippen LogP contribution >= 0.6 is 11.6 Å². The van der Waals surface area contributed by atoms with Gasteiger partial charge in [0.05, 0.1) is 25.5 Å². The van der Waals surface area contributed by atoms with Gasteiger partial charge in [-0.15, -0.1) is 0 Å². The Labute approximate surface area is 204 Å². The van der Waals surface area contributed by atoms with Crippen LogP contribution in [-0.4, -0.2) is 71.9 Å². The molecule has 0 spiro atoms. The van der Waals surface area contributed by atoms with E-state index in [0.29, 0.717) is 19.0 Å². The van der Waals surface area contributed by atoms with Crippen molar-refractivity contribution in [2.75, 3.05) is 40.0 Å². The van der Waals surface area contributed by atoms with Crippen LogP contribution in [0.1, 0.15) is 23.7 Å². The highest BCUT2D eigenvalue weighted by Gasteiger charge is 2.34. The van der Waals surface area contributed by atoms with E-state index < -0.39 is 29.5 Å². The van der Waals surface area contributed by atoms with Gasteiger partial charge in [0.1, 0.15) is 23.4 Å². The summed E-state index contributed by atoms with van der Waals surface area (Å²) in [4.78, 5) is 22.9. The third-order valence-electron chi connectivity index (χ3n) is 5.25. The van der Waals surface area contributed by atoms with E-state index in [4.69, 9.17) is 16.3 Å². The normalized spacial score (nSPS) is 15.8. The van der Waals surface area contributed by atoms with E-state index in [1.54, 1.807) is 4.90 Å². The fraction of sp³-hybridized carbons (Fsp3) is 0.348. The zero-order valence-corrected chi connectivity index (χ0v) is 19.5. The van der Waals surface area contributed by atoms with Crippen LogP contribution < -0.4 is 5.32 Å². The summed E-state index contributed by atoms with van der Waals surface area (Å²) in [6.45, 7) is 0.325. The Morgan fingerprint density at radius 3 is 2.57 bits per heavy atom. The molecule has 1 aliphatic rings. The molecule has 0 amide bonds. The molecule has 1 unspecified atom stereocenters. The minimum Gasteiger partial charge on any atom is -0.466 e. The third kappa shape index (κ3) is 6.37. The summed E-state index contributed by atoms with van der Waals surface area (Å²) in [7, 11) is 1.17. The van der Waals surface area contributed by atoms with Crippen molar-refractivity contribution in [3.05, 3.63) is 75.5 Å². The molecule has 1 aromatic heterocycles. The highest BCUT2D eigenvalue weighted by Crippen LogP contribution is 2.36. The lowest BCUT2D eigenvalue weighted by Gasteiger charge is -2.31. The van der Waals surface area contributed by atoms with E-state index in [1.807, 2.05) is 0 Å². The van der Waals surface area contributed by atoms with Gasteiger partial charge in [-0.05, 0) is 18.6 Å². The van der Waals surface area contributed by atoms with Crippen molar-refractivity contribution in [3.8, 4) is 0 Å².